The zero-order valence-corrected chi connectivity index (χ0v) is 14.4. The van der Waals surface area contributed by atoms with Gasteiger partial charge in [-0.15, -0.1) is 0 Å². The van der Waals surface area contributed by atoms with Crippen LogP contribution in [0, 0.1) is 12.8 Å². The van der Waals surface area contributed by atoms with Crippen LogP contribution in [0.3, 0.4) is 0 Å². The molecule has 2 aliphatic rings. The Morgan fingerprint density at radius 1 is 1.43 bits per heavy atom. The second-order valence-electron chi connectivity index (χ2n) is 6.56. The zero-order valence-electron chi connectivity index (χ0n) is 13.6. The summed E-state index contributed by atoms with van der Waals surface area (Å²) in [6, 6.07) is 0. The maximum atomic E-state index is 11.5. The Bertz CT molecular complexity index is 658. The third kappa shape index (κ3) is 3.99. The fourth-order valence-corrected chi connectivity index (χ4v) is 4.21. The van der Waals surface area contributed by atoms with Crippen LogP contribution in [0.25, 0.3) is 0 Å². The van der Waals surface area contributed by atoms with Gasteiger partial charge < -0.3 is 9.47 Å². The summed E-state index contributed by atoms with van der Waals surface area (Å²) in [4.78, 5) is 8.32. The van der Waals surface area contributed by atoms with Crippen molar-refractivity contribution >= 4 is 10.0 Å². The Hall–Kier alpha value is -1.25. The maximum absolute atomic E-state index is 11.5. The monoisotopic (exact) mass is 341 g/mol. The molecule has 1 aromatic rings. The fourth-order valence-electron chi connectivity index (χ4n) is 3.27. The topological polar surface area (TPSA) is 81.6 Å². The summed E-state index contributed by atoms with van der Waals surface area (Å²) in [5, 5.41) is 0. The summed E-state index contributed by atoms with van der Waals surface area (Å²) in [6.45, 7) is 4.12. The molecule has 2 fully saturated rings. The Balaban J connectivity index is 1.47. The lowest BCUT2D eigenvalue weighted by Crippen LogP contribution is -2.66. The summed E-state index contributed by atoms with van der Waals surface area (Å²) in [6.07, 6.45) is 7.36. The number of rotatable bonds is 5. The van der Waals surface area contributed by atoms with E-state index in [1.807, 2.05) is 6.92 Å². The van der Waals surface area contributed by atoms with E-state index in [0.29, 0.717) is 38.1 Å². The zero-order chi connectivity index (χ0) is 16.5. The van der Waals surface area contributed by atoms with Crippen molar-refractivity contribution in [2.75, 3.05) is 32.6 Å². The van der Waals surface area contributed by atoms with E-state index in [2.05, 4.69) is 9.97 Å². The molecule has 2 saturated heterocycles. The third-order valence-electron chi connectivity index (χ3n) is 4.50. The van der Waals surface area contributed by atoms with E-state index >= 15 is 0 Å². The molecule has 0 amide bonds. The van der Waals surface area contributed by atoms with Gasteiger partial charge in [0.05, 0.1) is 30.4 Å². The van der Waals surface area contributed by atoms with E-state index in [1.165, 1.54) is 10.6 Å². The lowest BCUT2D eigenvalue weighted by molar-refractivity contribution is -0.156. The van der Waals surface area contributed by atoms with Crippen LogP contribution in [-0.4, -0.2) is 60.9 Å². The average Bonchev–Trinajstić information content (AvgIpc) is 2.44. The standard InChI is InChI=1S/C15H23N3O4S/c1-12-8-16-9-14(17-12)21-5-3-13-4-6-22-15(7-13)10-18(11-15)23(2,19)20/h8-9,13H,3-7,10-11H2,1-2H3. The molecule has 0 N–H and O–H groups in total. The second kappa shape index (κ2) is 6.33. The number of hydrogen-bond acceptors (Lipinski definition) is 6. The Morgan fingerprint density at radius 3 is 2.91 bits per heavy atom. The second-order valence-corrected chi connectivity index (χ2v) is 8.54. The molecular weight excluding hydrogens is 318 g/mol. The number of nitrogens with zero attached hydrogens (tertiary/aromatic N) is 3. The van der Waals surface area contributed by atoms with Crippen molar-refractivity contribution in [1.29, 1.82) is 0 Å². The predicted molar refractivity (Wildman–Crippen MR) is 84.7 cm³/mol. The van der Waals surface area contributed by atoms with Gasteiger partial charge in [-0.25, -0.2) is 13.4 Å². The van der Waals surface area contributed by atoms with Crippen LogP contribution in [0.5, 0.6) is 5.88 Å². The SMILES string of the molecule is Cc1cncc(OCCC2CCOC3(C2)CN(S(C)(=O)=O)C3)n1. The number of aromatic nitrogens is 2. The van der Waals surface area contributed by atoms with Crippen LogP contribution in [0.4, 0.5) is 0 Å². The van der Waals surface area contributed by atoms with Gasteiger partial charge in [0.15, 0.2) is 0 Å². The normalized spacial score (nSPS) is 24.3. The number of sulfonamides is 1. The lowest BCUT2D eigenvalue weighted by Gasteiger charge is -2.52. The van der Waals surface area contributed by atoms with Gasteiger partial charge in [0.1, 0.15) is 0 Å². The molecule has 23 heavy (non-hydrogen) atoms. The highest BCUT2D eigenvalue weighted by Gasteiger charge is 2.50. The average molecular weight is 341 g/mol. The van der Waals surface area contributed by atoms with Crippen molar-refractivity contribution in [3.63, 3.8) is 0 Å². The molecule has 0 radical (unpaired) electrons. The maximum Gasteiger partial charge on any atom is 0.232 e. The lowest BCUT2D eigenvalue weighted by atomic mass is 9.80. The molecule has 8 heteroatoms. The molecule has 7 nitrogen and oxygen atoms in total. The minimum absolute atomic E-state index is 0.283. The highest BCUT2D eigenvalue weighted by molar-refractivity contribution is 7.88. The molecule has 0 saturated carbocycles. The minimum Gasteiger partial charge on any atom is -0.477 e. The number of ether oxygens (including phenoxy) is 2. The molecule has 128 valence electrons. The number of aryl methyl sites for hydroxylation is 1. The summed E-state index contributed by atoms with van der Waals surface area (Å²) >= 11 is 0. The van der Waals surface area contributed by atoms with Crippen LogP contribution in [0.15, 0.2) is 12.4 Å². The van der Waals surface area contributed by atoms with Crippen molar-refractivity contribution < 1.29 is 17.9 Å². The Morgan fingerprint density at radius 2 is 2.22 bits per heavy atom. The van der Waals surface area contributed by atoms with Crippen LogP contribution < -0.4 is 4.74 Å². The fraction of sp³-hybridized carbons (Fsp3) is 0.733. The first-order valence-corrected chi connectivity index (χ1v) is 9.72. The molecular formula is C15H23N3O4S. The largest absolute Gasteiger partial charge is 0.477 e. The molecule has 1 aromatic heterocycles. The molecule has 3 heterocycles. The first-order chi connectivity index (χ1) is 10.9. The highest BCUT2D eigenvalue weighted by atomic mass is 32.2. The molecule has 0 aliphatic carbocycles. The van der Waals surface area contributed by atoms with E-state index < -0.39 is 10.0 Å². The molecule has 1 spiro atoms. The van der Waals surface area contributed by atoms with E-state index in [-0.39, 0.29) is 5.60 Å². The van der Waals surface area contributed by atoms with Gasteiger partial charge in [0, 0.05) is 25.9 Å². The molecule has 0 bridgehead atoms. The predicted octanol–water partition coefficient (Wildman–Crippen LogP) is 0.995. The van der Waals surface area contributed by atoms with Crippen molar-refractivity contribution in [2.45, 2.75) is 31.8 Å². The molecule has 2 aliphatic heterocycles. The van der Waals surface area contributed by atoms with Crippen LogP contribution in [0.2, 0.25) is 0 Å². The van der Waals surface area contributed by atoms with E-state index in [0.717, 1.165) is 25.0 Å². The van der Waals surface area contributed by atoms with Crippen LogP contribution in [-0.2, 0) is 14.8 Å². The molecule has 1 unspecified atom stereocenters. The summed E-state index contributed by atoms with van der Waals surface area (Å²) in [5.41, 5.74) is 0.553. The van der Waals surface area contributed by atoms with Gasteiger partial charge in [0.2, 0.25) is 15.9 Å². The summed E-state index contributed by atoms with van der Waals surface area (Å²) < 4.78 is 36.0. The van der Waals surface area contributed by atoms with Gasteiger partial charge in [-0.2, -0.15) is 4.31 Å². The van der Waals surface area contributed by atoms with Crippen molar-refractivity contribution in [3.05, 3.63) is 18.1 Å². The summed E-state index contributed by atoms with van der Waals surface area (Å²) in [5.74, 6) is 1.04. The molecule has 0 aromatic carbocycles. The van der Waals surface area contributed by atoms with Crippen LogP contribution in [0.1, 0.15) is 25.0 Å². The quantitative estimate of drug-likeness (QED) is 0.794. The van der Waals surface area contributed by atoms with Gasteiger partial charge in [0.25, 0.3) is 0 Å². The van der Waals surface area contributed by atoms with Gasteiger partial charge >= 0.3 is 0 Å². The van der Waals surface area contributed by atoms with Crippen molar-refractivity contribution in [1.82, 2.24) is 14.3 Å². The van der Waals surface area contributed by atoms with E-state index in [9.17, 15) is 8.42 Å². The highest BCUT2D eigenvalue weighted by Crippen LogP contribution is 2.39. The molecule has 1 atom stereocenters. The van der Waals surface area contributed by atoms with E-state index in [4.69, 9.17) is 9.47 Å². The van der Waals surface area contributed by atoms with Gasteiger partial charge in [-0.05, 0) is 32.1 Å². The minimum atomic E-state index is -3.10. The van der Waals surface area contributed by atoms with E-state index in [1.54, 1.807) is 12.4 Å². The van der Waals surface area contributed by atoms with Crippen molar-refractivity contribution in [3.8, 4) is 5.88 Å². The van der Waals surface area contributed by atoms with Crippen LogP contribution >= 0.6 is 0 Å². The third-order valence-corrected chi connectivity index (χ3v) is 5.70. The summed E-state index contributed by atoms with van der Waals surface area (Å²) in [7, 11) is -3.10. The smallest absolute Gasteiger partial charge is 0.232 e. The first kappa shape index (κ1) is 16.6. The Kier molecular flexibility index (Phi) is 4.57. The number of hydrogen-bond donors (Lipinski definition) is 0. The van der Waals surface area contributed by atoms with Crippen molar-refractivity contribution in [2.24, 2.45) is 5.92 Å². The molecule has 3 rings (SSSR count). The van der Waals surface area contributed by atoms with Gasteiger partial charge in [-0.3, -0.25) is 4.98 Å². The first-order valence-electron chi connectivity index (χ1n) is 7.87. The Labute approximate surface area is 137 Å². The van der Waals surface area contributed by atoms with Gasteiger partial charge in [-0.1, -0.05) is 0 Å².